The monoisotopic (exact) mass is 359 g/mol. The zero-order chi connectivity index (χ0) is 17.6. The highest BCUT2D eigenvalue weighted by atomic mass is 32.1. The van der Waals surface area contributed by atoms with E-state index in [1.165, 1.54) is 11.3 Å². The van der Waals surface area contributed by atoms with Crippen LogP contribution in [0.2, 0.25) is 0 Å². The summed E-state index contributed by atoms with van der Waals surface area (Å²) in [4.78, 5) is 22.3. The van der Waals surface area contributed by atoms with Crippen LogP contribution in [0.25, 0.3) is 21.6 Å². The zero-order valence-electron chi connectivity index (χ0n) is 14.3. The number of nitrogens with one attached hydrogen (secondary N) is 1. The molecule has 0 aliphatic rings. The van der Waals surface area contributed by atoms with E-state index in [-0.39, 0.29) is 5.91 Å². The average Bonchev–Trinajstić information content (AvgIpc) is 3.28. The molecule has 2 heterocycles. The second-order valence-electron chi connectivity index (χ2n) is 5.59. The highest BCUT2D eigenvalue weighted by molar-refractivity contribution is 7.13. The van der Waals surface area contributed by atoms with Crippen LogP contribution in [0, 0.1) is 0 Å². The van der Waals surface area contributed by atoms with Crippen molar-refractivity contribution in [2.75, 3.05) is 40.5 Å². The third-order valence-corrected chi connectivity index (χ3v) is 4.78. The number of thiazole rings is 1. The minimum Gasteiger partial charge on any atom is -0.383 e. The Bertz CT molecular complexity index is 802. The zero-order valence-corrected chi connectivity index (χ0v) is 15.1. The molecule has 3 aromatic rings. The molecule has 1 aromatic carbocycles. The molecule has 132 valence electrons. The number of rotatable bonds is 8. The van der Waals surface area contributed by atoms with Gasteiger partial charge in [0.05, 0.1) is 18.9 Å². The highest BCUT2D eigenvalue weighted by Crippen LogP contribution is 2.27. The van der Waals surface area contributed by atoms with Crippen LogP contribution in [-0.2, 0) is 9.47 Å². The number of methoxy groups -OCH3 is 2. The summed E-state index contributed by atoms with van der Waals surface area (Å²) in [5.74, 6) is -0.104. The standard InChI is InChI=1S/C18H21N3O3S/c1-23-9-7-21(8-10-24-2)18(22)16-12-25-17(20-16)15-11-13-5-3-4-6-14(13)19-15/h3-6,11-12,19H,7-10H2,1-2H3. The van der Waals surface area contributed by atoms with Crippen LogP contribution in [0.1, 0.15) is 10.5 Å². The fraction of sp³-hybridized carbons (Fsp3) is 0.333. The number of amides is 1. The lowest BCUT2D eigenvalue weighted by Crippen LogP contribution is -2.36. The van der Waals surface area contributed by atoms with Crippen LogP contribution in [0.15, 0.2) is 35.7 Å². The maximum absolute atomic E-state index is 12.7. The molecule has 0 saturated heterocycles. The van der Waals surface area contributed by atoms with E-state index < -0.39 is 0 Å². The Morgan fingerprint density at radius 3 is 2.60 bits per heavy atom. The number of H-pyrrole nitrogens is 1. The summed E-state index contributed by atoms with van der Waals surface area (Å²) >= 11 is 1.46. The number of carbonyl (C=O) groups excluding carboxylic acids is 1. The van der Waals surface area contributed by atoms with E-state index in [0.717, 1.165) is 21.6 Å². The van der Waals surface area contributed by atoms with Crippen molar-refractivity contribution in [3.63, 3.8) is 0 Å². The van der Waals surface area contributed by atoms with E-state index in [0.29, 0.717) is 32.0 Å². The number of hydrogen-bond donors (Lipinski definition) is 1. The Morgan fingerprint density at radius 1 is 1.20 bits per heavy atom. The minimum absolute atomic E-state index is 0.104. The van der Waals surface area contributed by atoms with Gasteiger partial charge in [0.2, 0.25) is 0 Å². The summed E-state index contributed by atoms with van der Waals surface area (Å²) in [5, 5.41) is 3.73. The van der Waals surface area contributed by atoms with Gasteiger partial charge in [-0.1, -0.05) is 18.2 Å². The second-order valence-corrected chi connectivity index (χ2v) is 6.44. The summed E-state index contributed by atoms with van der Waals surface area (Å²) in [5.41, 5.74) is 2.43. The molecule has 1 amide bonds. The van der Waals surface area contributed by atoms with Gasteiger partial charge in [0.1, 0.15) is 10.7 Å². The number of ether oxygens (including phenoxy) is 2. The van der Waals surface area contributed by atoms with Gasteiger partial charge in [-0.3, -0.25) is 4.79 Å². The fourth-order valence-electron chi connectivity index (χ4n) is 2.56. The van der Waals surface area contributed by atoms with E-state index in [1.807, 2.05) is 24.3 Å². The van der Waals surface area contributed by atoms with Crippen LogP contribution in [-0.4, -0.2) is 61.3 Å². The van der Waals surface area contributed by atoms with Gasteiger partial charge >= 0.3 is 0 Å². The largest absolute Gasteiger partial charge is 0.383 e. The quantitative estimate of drug-likeness (QED) is 0.671. The molecular weight excluding hydrogens is 338 g/mol. The lowest BCUT2D eigenvalue weighted by molar-refractivity contribution is 0.0622. The Kier molecular flexibility index (Phi) is 5.80. The van der Waals surface area contributed by atoms with E-state index >= 15 is 0 Å². The van der Waals surface area contributed by atoms with Crippen LogP contribution < -0.4 is 0 Å². The van der Waals surface area contributed by atoms with Crippen molar-refractivity contribution in [1.82, 2.24) is 14.9 Å². The molecule has 0 atom stereocenters. The number of aromatic nitrogens is 2. The number of benzene rings is 1. The van der Waals surface area contributed by atoms with Crippen molar-refractivity contribution < 1.29 is 14.3 Å². The maximum atomic E-state index is 12.7. The Morgan fingerprint density at radius 2 is 1.92 bits per heavy atom. The third kappa shape index (κ3) is 4.07. The van der Waals surface area contributed by atoms with Gasteiger partial charge in [-0.15, -0.1) is 11.3 Å². The second kappa shape index (κ2) is 8.24. The van der Waals surface area contributed by atoms with Crippen molar-refractivity contribution in [2.45, 2.75) is 0 Å². The molecule has 3 rings (SSSR count). The molecule has 0 aliphatic heterocycles. The molecule has 0 radical (unpaired) electrons. The van der Waals surface area contributed by atoms with E-state index in [4.69, 9.17) is 9.47 Å². The molecule has 2 aromatic heterocycles. The molecule has 6 nitrogen and oxygen atoms in total. The molecule has 0 aliphatic carbocycles. The molecule has 1 N–H and O–H groups in total. The van der Waals surface area contributed by atoms with Crippen molar-refractivity contribution in [1.29, 1.82) is 0 Å². The summed E-state index contributed by atoms with van der Waals surface area (Å²) in [6.45, 7) is 1.98. The molecular formula is C18H21N3O3S. The summed E-state index contributed by atoms with van der Waals surface area (Å²) in [6.07, 6.45) is 0. The van der Waals surface area contributed by atoms with Gasteiger partial charge in [-0.2, -0.15) is 0 Å². The first kappa shape index (κ1) is 17.6. The Balaban J connectivity index is 1.79. The molecule has 0 spiro atoms. The lowest BCUT2D eigenvalue weighted by atomic mass is 10.2. The topological polar surface area (TPSA) is 67.5 Å². The van der Waals surface area contributed by atoms with Crippen molar-refractivity contribution in [3.8, 4) is 10.7 Å². The molecule has 0 unspecified atom stereocenters. The van der Waals surface area contributed by atoms with Gasteiger partial charge in [-0.25, -0.2) is 4.98 Å². The number of nitrogens with zero attached hydrogens (tertiary/aromatic N) is 2. The predicted octanol–water partition coefficient (Wildman–Crippen LogP) is 3.03. The van der Waals surface area contributed by atoms with Crippen LogP contribution >= 0.6 is 11.3 Å². The van der Waals surface area contributed by atoms with Crippen molar-refractivity contribution in [2.24, 2.45) is 0 Å². The number of para-hydroxylation sites is 1. The summed E-state index contributed by atoms with van der Waals surface area (Å²) in [7, 11) is 3.24. The summed E-state index contributed by atoms with van der Waals surface area (Å²) < 4.78 is 10.2. The van der Waals surface area contributed by atoms with Gasteiger partial charge in [0.25, 0.3) is 5.91 Å². The van der Waals surface area contributed by atoms with Crippen molar-refractivity contribution in [3.05, 3.63) is 41.4 Å². The van der Waals surface area contributed by atoms with Crippen LogP contribution in [0.5, 0.6) is 0 Å². The Hall–Kier alpha value is -2.22. The first-order valence-electron chi connectivity index (χ1n) is 8.03. The number of hydrogen-bond acceptors (Lipinski definition) is 5. The van der Waals surface area contributed by atoms with Gasteiger partial charge in [-0.05, 0) is 12.1 Å². The average molecular weight is 359 g/mol. The van der Waals surface area contributed by atoms with Gasteiger partial charge < -0.3 is 19.4 Å². The predicted molar refractivity (Wildman–Crippen MR) is 99.1 cm³/mol. The minimum atomic E-state index is -0.104. The van der Waals surface area contributed by atoms with Gasteiger partial charge in [0.15, 0.2) is 0 Å². The summed E-state index contributed by atoms with van der Waals surface area (Å²) in [6, 6.07) is 10.1. The molecule has 7 heteroatoms. The van der Waals surface area contributed by atoms with Gasteiger partial charge in [0, 0.05) is 43.6 Å². The third-order valence-electron chi connectivity index (χ3n) is 3.90. The fourth-order valence-corrected chi connectivity index (χ4v) is 3.33. The SMILES string of the molecule is COCCN(CCOC)C(=O)c1csc(-c2cc3ccccc3[nH]2)n1. The highest BCUT2D eigenvalue weighted by Gasteiger charge is 2.19. The van der Waals surface area contributed by atoms with E-state index in [2.05, 4.69) is 16.0 Å². The lowest BCUT2D eigenvalue weighted by Gasteiger charge is -2.20. The molecule has 25 heavy (non-hydrogen) atoms. The first-order valence-corrected chi connectivity index (χ1v) is 8.91. The maximum Gasteiger partial charge on any atom is 0.273 e. The van der Waals surface area contributed by atoms with Crippen LogP contribution in [0.3, 0.4) is 0 Å². The molecule has 0 fully saturated rings. The normalized spacial score (nSPS) is 11.1. The molecule has 0 saturated carbocycles. The Labute approximate surface area is 150 Å². The van der Waals surface area contributed by atoms with E-state index in [9.17, 15) is 4.79 Å². The first-order chi connectivity index (χ1) is 12.2. The smallest absolute Gasteiger partial charge is 0.273 e. The number of aromatic amines is 1. The van der Waals surface area contributed by atoms with Crippen molar-refractivity contribution >= 4 is 28.1 Å². The van der Waals surface area contributed by atoms with Crippen LogP contribution in [0.4, 0.5) is 0 Å². The number of fused-ring (bicyclic) bond motifs is 1. The number of carbonyl (C=O) groups is 1. The van der Waals surface area contributed by atoms with E-state index in [1.54, 1.807) is 24.5 Å². The molecule has 0 bridgehead atoms.